The van der Waals surface area contributed by atoms with Crippen LogP contribution < -0.4 is 24.8 Å². The van der Waals surface area contributed by atoms with Gasteiger partial charge in [0, 0.05) is 18.0 Å². The van der Waals surface area contributed by atoms with Crippen LogP contribution in [0.2, 0.25) is 0 Å². The van der Waals surface area contributed by atoms with Gasteiger partial charge in [-0.15, -0.1) is 0 Å². The zero-order valence-electron chi connectivity index (χ0n) is 16.8. The highest BCUT2D eigenvalue weighted by atomic mass is 16.5. The van der Waals surface area contributed by atoms with Gasteiger partial charge in [0.1, 0.15) is 11.4 Å². The Morgan fingerprint density at radius 2 is 1.94 bits per heavy atom. The van der Waals surface area contributed by atoms with E-state index >= 15 is 0 Å². The van der Waals surface area contributed by atoms with Crippen molar-refractivity contribution >= 4 is 29.3 Å². The number of nitrogens with zero attached hydrogens (tertiary/aromatic N) is 1. The molecule has 31 heavy (non-hydrogen) atoms. The molecule has 156 valence electrons. The lowest BCUT2D eigenvalue weighted by Crippen LogP contribution is -2.12. The van der Waals surface area contributed by atoms with Gasteiger partial charge in [0.2, 0.25) is 11.8 Å². The Labute approximate surface area is 178 Å². The van der Waals surface area contributed by atoms with Crippen LogP contribution in [0.15, 0.2) is 60.8 Å². The molecule has 0 atom stereocenters. The Bertz CT molecular complexity index is 1190. The van der Waals surface area contributed by atoms with Crippen molar-refractivity contribution in [1.29, 1.82) is 0 Å². The summed E-state index contributed by atoms with van der Waals surface area (Å²) in [5, 5.41) is 5.49. The third-order valence-corrected chi connectivity index (χ3v) is 4.55. The van der Waals surface area contributed by atoms with Crippen LogP contribution in [-0.4, -0.2) is 31.0 Å². The Hall–Kier alpha value is -4.33. The van der Waals surface area contributed by atoms with Crippen molar-refractivity contribution in [1.82, 2.24) is 4.98 Å². The standard InChI is InChI=1S/C23H19N3O5/c1-29-19-8-5-14(12-20(19)30-2)6-10-21(27)25-15-7-9-18-16(13-15)22(28)26-17-4-3-11-24-23(17)31-18/h3-13H,1-2H3,(H,25,27)(H,26,28)/b10-6+. The fourth-order valence-electron chi connectivity index (χ4n) is 3.05. The number of benzene rings is 2. The van der Waals surface area contributed by atoms with Crippen molar-refractivity contribution in [2.24, 2.45) is 0 Å². The third-order valence-electron chi connectivity index (χ3n) is 4.55. The predicted molar refractivity (Wildman–Crippen MR) is 116 cm³/mol. The van der Waals surface area contributed by atoms with Crippen LogP contribution >= 0.6 is 0 Å². The molecule has 0 aliphatic carbocycles. The second-order valence-corrected chi connectivity index (χ2v) is 6.56. The van der Waals surface area contributed by atoms with Gasteiger partial charge in [-0.25, -0.2) is 4.98 Å². The summed E-state index contributed by atoms with van der Waals surface area (Å²) in [4.78, 5) is 29.1. The van der Waals surface area contributed by atoms with Gasteiger partial charge in [-0.2, -0.15) is 0 Å². The lowest BCUT2D eigenvalue weighted by Gasteiger charge is -2.09. The first kappa shape index (κ1) is 20.0. The number of fused-ring (bicyclic) bond motifs is 2. The van der Waals surface area contributed by atoms with Crippen LogP contribution in [0, 0.1) is 0 Å². The molecule has 1 aliphatic rings. The Morgan fingerprint density at radius 1 is 1.10 bits per heavy atom. The fraction of sp³-hybridized carbons (Fsp3) is 0.0870. The molecule has 8 nitrogen and oxygen atoms in total. The zero-order valence-corrected chi connectivity index (χ0v) is 16.8. The summed E-state index contributed by atoms with van der Waals surface area (Å²) in [6.45, 7) is 0. The molecular weight excluding hydrogens is 398 g/mol. The highest BCUT2D eigenvalue weighted by Crippen LogP contribution is 2.35. The van der Waals surface area contributed by atoms with E-state index in [2.05, 4.69) is 15.6 Å². The van der Waals surface area contributed by atoms with E-state index in [4.69, 9.17) is 14.2 Å². The molecule has 0 unspecified atom stereocenters. The second kappa shape index (κ2) is 8.58. The number of carbonyl (C=O) groups is 2. The largest absolute Gasteiger partial charge is 0.493 e. The topological polar surface area (TPSA) is 98.8 Å². The van der Waals surface area contributed by atoms with E-state index in [9.17, 15) is 9.59 Å². The van der Waals surface area contributed by atoms with Crippen molar-refractivity contribution in [3.8, 4) is 23.1 Å². The fourth-order valence-corrected chi connectivity index (χ4v) is 3.05. The van der Waals surface area contributed by atoms with Crippen molar-refractivity contribution in [3.63, 3.8) is 0 Å². The summed E-state index contributed by atoms with van der Waals surface area (Å²) in [6, 6.07) is 13.6. The third kappa shape index (κ3) is 4.32. The molecule has 1 aromatic heterocycles. The van der Waals surface area contributed by atoms with Crippen LogP contribution in [0.1, 0.15) is 15.9 Å². The number of ether oxygens (including phenoxy) is 3. The number of anilines is 2. The van der Waals surface area contributed by atoms with Gasteiger partial charge in [-0.05, 0) is 54.1 Å². The van der Waals surface area contributed by atoms with Crippen LogP contribution in [0.25, 0.3) is 6.08 Å². The van der Waals surface area contributed by atoms with Gasteiger partial charge in [0.15, 0.2) is 11.5 Å². The maximum atomic E-state index is 12.6. The number of hydrogen-bond donors (Lipinski definition) is 2. The summed E-state index contributed by atoms with van der Waals surface area (Å²) >= 11 is 0. The maximum absolute atomic E-state index is 12.6. The molecule has 0 fully saturated rings. The summed E-state index contributed by atoms with van der Waals surface area (Å²) in [6.07, 6.45) is 4.62. The minimum Gasteiger partial charge on any atom is -0.493 e. The highest BCUT2D eigenvalue weighted by Gasteiger charge is 2.22. The highest BCUT2D eigenvalue weighted by molar-refractivity contribution is 6.09. The van der Waals surface area contributed by atoms with Gasteiger partial charge in [0.05, 0.1) is 19.8 Å². The van der Waals surface area contributed by atoms with E-state index in [1.165, 1.54) is 6.08 Å². The molecule has 2 amide bonds. The second-order valence-electron chi connectivity index (χ2n) is 6.56. The number of hydrogen-bond acceptors (Lipinski definition) is 6. The normalized spacial score (nSPS) is 12.1. The number of carbonyl (C=O) groups excluding carboxylic acids is 2. The summed E-state index contributed by atoms with van der Waals surface area (Å²) < 4.78 is 16.2. The minimum absolute atomic E-state index is 0.291. The van der Waals surface area contributed by atoms with Crippen LogP contribution in [0.5, 0.6) is 23.1 Å². The van der Waals surface area contributed by atoms with E-state index in [1.807, 2.05) is 0 Å². The van der Waals surface area contributed by atoms with Gasteiger partial charge in [-0.3, -0.25) is 9.59 Å². The number of methoxy groups -OCH3 is 2. The molecule has 0 saturated carbocycles. The van der Waals surface area contributed by atoms with Crippen molar-refractivity contribution in [2.45, 2.75) is 0 Å². The lowest BCUT2D eigenvalue weighted by atomic mass is 10.1. The minimum atomic E-state index is -0.352. The molecule has 0 bridgehead atoms. The number of pyridine rings is 1. The van der Waals surface area contributed by atoms with E-state index < -0.39 is 0 Å². The average molecular weight is 417 g/mol. The smallest absolute Gasteiger partial charge is 0.259 e. The average Bonchev–Trinajstić information content (AvgIpc) is 2.93. The van der Waals surface area contributed by atoms with Crippen LogP contribution in [0.3, 0.4) is 0 Å². The molecule has 2 N–H and O–H groups in total. The maximum Gasteiger partial charge on any atom is 0.259 e. The molecular formula is C23H19N3O5. The summed E-state index contributed by atoms with van der Waals surface area (Å²) in [5.74, 6) is 1.13. The van der Waals surface area contributed by atoms with E-state index in [-0.39, 0.29) is 11.8 Å². The first-order valence-corrected chi connectivity index (χ1v) is 9.37. The van der Waals surface area contributed by atoms with E-state index in [0.29, 0.717) is 40.1 Å². The molecule has 3 aromatic rings. The van der Waals surface area contributed by atoms with Crippen LogP contribution in [-0.2, 0) is 4.79 Å². The first-order valence-electron chi connectivity index (χ1n) is 9.37. The molecule has 0 spiro atoms. The molecule has 8 heteroatoms. The zero-order chi connectivity index (χ0) is 21.8. The Balaban J connectivity index is 1.49. The van der Waals surface area contributed by atoms with Crippen LogP contribution in [0.4, 0.5) is 11.4 Å². The van der Waals surface area contributed by atoms with Crippen molar-refractivity contribution in [2.75, 3.05) is 24.9 Å². The van der Waals surface area contributed by atoms with E-state index in [1.54, 1.807) is 75.0 Å². The van der Waals surface area contributed by atoms with E-state index in [0.717, 1.165) is 5.56 Å². The van der Waals surface area contributed by atoms with Gasteiger partial charge < -0.3 is 24.8 Å². The SMILES string of the molecule is COc1ccc(/C=C/C(=O)Nc2ccc3c(c2)C(=O)Nc2cccnc2O3)cc1OC. The quantitative estimate of drug-likeness (QED) is 0.606. The first-order chi connectivity index (χ1) is 15.1. The van der Waals surface area contributed by atoms with Gasteiger partial charge in [-0.1, -0.05) is 6.07 Å². The number of aromatic nitrogens is 1. The van der Waals surface area contributed by atoms with Crippen molar-refractivity contribution < 1.29 is 23.8 Å². The molecule has 1 aliphatic heterocycles. The Morgan fingerprint density at radius 3 is 2.74 bits per heavy atom. The molecule has 4 rings (SSSR count). The monoisotopic (exact) mass is 417 g/mol. The number of rotatable bonds is 5. The lowest BCUT2D eigenvalue weighted by molar-refractivity contribution is -0.111. The molecule has 0 radical (unpaired) electrons. The molecule has 2 aromatic carbocycles. The molecule has 2 heterocycles. The summed E-state index contributed by atoms with van der Waals surface area (Å²) in [5.41, 5.74) is 2.00. The van der Waals surface area contributed by atoms with Gasteiger partial charge >= 0.3 is 0 Å². The van der Waals surface area contributed by atoms with Gasteiger partial charge in [0.25, 0.3) is 5.91 Å². The van der Waals surface area contributed by atoms with Crippen molar-refractivity contribution in [3.05, 3.63) is 71.9 Å². The number of nitrogens with one attached hydrogen (secondary N) is 2. The number of amides is 2. The predicted octanol–water partition coefficient (Wildman–Crippen LogP) is 4.11. The summed E-state index contributed by atoms with van der Waals surface area (Å²) in [7, 11) is 3.10. The Kier molecular flexibility index (Phi) is 5.53. The molecule has 0 saturated heterocycles.